The first kappa shape index (κ1) is 13.1. The van der Waals surface area contributed by atoms with E-state index in [0.29, 0.717) is 0 Å². The molecule has 1 fully saturated rings. The van der Waals surface area contributed by atoms with Crippen LogP contribution in [0.15, 0.2) is 42.6 Å². The predicted octanol–water partition coefficient (Wildman–Crippen LogP) is 2.76. The summed E-state index contributed by atoms with van der Waals surface area (Å²) < 4.78 is 11.2. The van der Waals surface area contributed by atoms with E-state index in [1.165, 1.54) is 0 Å². The smallest absolute Gasteiger partial charge is 0.135 e. The van der Waals surface area contributed by atoms with Crippen molar-refractivity contribution in [3.8, 4) is 5.75 Å². The molecule has 0 spiro atoms. The first-order valence-electron chi connectivity index (χ1n) is 6.71. The molecule has 0 radical (unpaired) electrons. The molecule has 2 aromatic rings. The van der Waals surface area contributed by atoms with Crippen molar-refractivity contribution in [3.05, 3.63) is 59.4 Å². The Balaban J connectivity index is 1.71. The second kappa shape index (κ2) is 5.61. The molecule has 20 heavy (non-hydrogen) atoms. The summed E-state index contributed by atoms with van der Waals surface area (Å²) in [5.74, 6) is 0.853. The minimum Gasteiger partial charge on any atom is -0.497 e. The normalized spacial score (nSPS) is 21.9. The van der Waals surface area contributed by atoms with Crippen LogP contribution >= 0.6 is 0 Å². The third-order valence-corrected chi connectivity index (χ3v) is 3.51. The highest BCUT2D eigenvalue weighted by Crippen LogP contribution is 2.30. The van der Waals surface area contributed by atoms with Gasteiger partial charge in [-0.1, -0.05) is 18.2 Å². The maximum Gasteiger partial charge on any atom is 0.135 e. The molecule has 1 saturated heterocycles. The zero-order valence-corrected chi connectivity index (χ0v) is 11.7. The molecule has 4 nitrogen and oxygen atoms in total. The Bertz CT molecular complexity index is 566. The van der Waals surface area contributed by atoms with Gasteiger partial charge in [-0.25, -0.2) is 0 Å². The highest BCUT2D eigenvalue weighted by Gasteiger charge is 2.27. The zero-order chi connectivity index (χ0) is 13.9. The highest BCUT2D eigenvalue weighted by atomic mass is 16.5. The van der Waals surface area contributed by atoms with Gasteiger partial charge in [-0.05, 0) is 30.7 Å². The Morgan fingerprint density at radius 2 is 1.90 bits per heavy atom. The van der Waals surface area contributed by atoms with Gasteiger partial charge in [-0.2, -0.15) is 0 Å². The maximum absolute atomic E-state index is 6.05. The van der Waals surface area contributed by atoms with Crippen LogP contribution in [0.5, 0.6) is 5.75 Å². The molecule has 0 aliphatic carbocycles. The van der Waals surface area contributed by atoms with Gasteiger partial charge in [0.25, 0.3) is 0 Å². The molecular weight excluding hydrogens is 252 g/mol. The largest absolute Gasteiger partial charge is 0.497 e. The average Bonchev–Trinajstić information content (AvgIpc) is 2.98. The van der Waals surface area contributed by atoms with Gasteiger partial charge in [-0.3, -0.25) is 10.3 Å². The number of nitrogens with zero attached hydrogens (tertiary/aromatic N) is 1. The Hall–Kier alpha value is -1.91. The van der Waals surface area contributed by atoms with E-state index in [1.807, 2.05) is 43.5 Å². The molecular formula is C16H18N2O2. The summed E-state index contributed by atoms with van der Waals surface area (Å²) >= 11 is 0. The number of methoxy groups -OCH3 is 1. The Morgan fingerprint density at radius 3 is 2.55 bits per heavy atom. The van der Waals surface area contributed by atoms with Crippen LogP contribution in [0.3, 0.4) is 0 Å². The molecule has 1 aliphatic heterocycles. The second-order valence-electron chi connectivity index (χ2n) is 4.92. The first-order valence-corrected chi connectivity index (χ1v) is 6.71. The Labute approximate surface area is 118 Å². The van der Waals surface area contributed by atoms with Gasteiger partial charge in [0.05, 0.1) is 13.2 Å². The lowest BCUT2D eigenvalue weighted by Crippen LogP contribution is -2.13. The van der Waals surface area contributed by atoms with Gasteiger partial charge in [0, 0.05) is 24.0 Å². The summed E-state index contributed by atoms with van der Waals surface area (Å²) in [4.78, 5) is 4.32. The zero-order valence-electron chi connectivity index (χ0n) is 11.7. The molecule has 0 bridgehead atoms. The minimum absolute atomic E-state index is 0.0511. The topological polar surface area (TPSA) is 43.4 Å². The number of aromatic nitrogens is 1. The Kier molecular flexibility index (Phi) is 3.67. The molecule has 2 atom stereocenters. The van der Waals surface area contributed by atoms with Crippen molar-refractivity contribution >= 4 is 0 Å². The van der Waals surface area contributed by atoms with Crippen molar-refractivity contribution in [3.63, 3.8) is 0 Å². The number of ether oxygens (including phenoxy) is 2. The van der Waals surface area contributed by atoms with Crippen LogP contribution in [0.1, 0.15) is 29.2 Å². The fourth-order valence-corrected chi connectivity index (χ4v) is 2.32. The van der Waals surface area contributed by atoms with E-state index in [1.54, 1.807) is 7.11 Å². The van der Waals surface area contributed by atoms with Crippen molar-refractivity contribution in [1.29, 1.82) is 0 Å². The molecule has 3 rings (SSSR count). The van der Waals surface area contributed by atoms with E-state index >= 15 is 0 Å². The number of hydrogen-bond donors (Lipinski definition) is 1. The summed E-state index contributed by atoms with van der Waals surface area (Å²) in [7, 11) is 1.67. The molecule has 1 N–H and O–H groups in total. The van der Waals surface area contributed by atoms with Crippen LogP contribution < -0.4 is 10.1 Å². The number of pyridine rings is 1. The van der Waals surface area contributed by atoms with Crippen molar-refractivity contribution < 1.29 is 9.47 Å². The van der Waals surface area contributed by atoms with E-state index in [9.17, 15) is 0 Å². The van der Waals surface area contributed by atoms with E-state index in [2.05, 4.69) is 16.4 Å². The van der Waals surface area contributed by atoms with Gasteiger partial charge < -0.3 is 9.47 Å². The van der Waals surface area contributed by atoms with Crippen LogP contribution in [0.4, 0.5) is 0 Å². The lowest BCUT2D eigenvalue weighted by atomic mass is 10.1. The third-order valence-electron chi connectivity index (χ3n) is 3.51. The van der Waals surface area contributed by atoms with E-state index in [0.717, 1.165) is 29.1 Å². The van der Waals surface area contributed by atoms with E-state index in [4.69, 9.17) is 9.47 Å². The summed E-state index contributed by atoms with van der Waals surface area (Å²) in [5, 5.41) is 3.38. The first-order chi connectivity index (χ1) is 9.76. The SMILES string of the molecule is COc1ccc([C@@H]2NC[C@H](c3ccc(C)nc3)O2)cc1. The number of benzene rings is 1. The van der Waals surface area contributed by atoms with Crippen molar-refractivity contribution in [1.82, 2.24) is 10.3 Å². The van der Waals surface area contributed by atoms with Gasteiger partial charge in [0.15, 0.2) is 0 Å². The van der Waals surface area contributed by atoms with Crippen molar-refractivity contribution in [2.45, 2.75) is 19.3 Å². The minimum atomic E-state index is -0.0767. The summed E-state index contributed by atoms with van der Waals surface area (Å²) in [6, 6.07) is 12.0. The van der Waals surface area contributed by atoms with Gasteiger partial charge in [-0.15, -0.1) is 0 Å². The van der Waals surface area contributed by atoms with Gasteiger partial charge >= 0.3 is 0 Å². The molecule has 0 amide bonds. The standard InChI is InChI=1S/C16H18N2O2/c1-11-3-4-13(9-17-11)15-10-18-16(20-15)12-5-7-14(19-2)8-6-12/h3-9,15-16,18H,10H2,1-2H3/t15-,16-/m1/s1. The molecule has 0 unspecified atom stereocenters. The van der Waals surface area contributed by atoms with Crippen LogP contribution in [0.25, 0.3) is 0 Å². The monoisotopic (exact) mass is 270 g/mol. The summed E-state index contributed by atoms with van der Waals surface area (Å²) in [5.41, 5.74) is 3.24. The van der Waals surface area contributed by atoms with Crippen molar-refractivity contribution in [2.24, 2.45) is 0 Å². The highest BCUT2D eigenvalue weighted by molar-refractivity contribution is 5.29. The van der Waals surface area contributed by atoms with Gasteiger partial charge in [0.1, 0.15) is 12.0 Å². The molecule has 4 heteroatoms. The molecule has 1 aromatic heterocycles. The van der Waals surface area contributed by atoms with Crippen LogP contribution in [0.2, 0.25) is 0 Å². The number of aryl methyl sites for hydroxylation is 1. The lowest BCUT2D eigenvalue weighted by molar-refractivity contribution is 0.0403. The second-order valence-corrected chi connectivity index (χ2v) is 4.92. The fourth-order valence-electron chi connectivity index (χ4n) is 2.32. The molecule has 2 heterocycles. The average molecular weight is 270 g/mol. The molecule has 0 saturated carbocycles. The molecule has 1 aliphatic rings. The molecule has 104 valence electrons. The van der Waals surface area contributed by atoms with Crippen LogP contribution in [-0.4, -0.2) is 18.6 Å². The fraction of sp³-hybridized carbons (Fsp3) is 0.312. The number of rotatable bonds is 3. The lowest BCUT2D eigenvalue weighted by Gasteiger charge is -2.13. The third kappa shape index (κ3) is 2.66. The Morgan fingerprint density at radius 1 is 1.15 bits per heavy atom. The number of nitrogens with one attached hydrogen (secondary N) is 1. The summed E-state index contributed by atoms with van der Waals surface area (Å²) in [6.45, 7) is 2.78. The van der Waals surface area contributed by atoms with E-state index < -0.39 is 0 Å². The van der Waals surface area contributed by atoms with E-state index in [-0.39, 0.29) is 12.3 Å². The quantitative estimate of drug-likeness (QED) is 0.931. The van der Waals surface area contributed by atoms with Crippen molar-refractivity contribution in [2.75, 3.05) is 13.7 Å². The molecule has 1 aromatic carbocycles. The van der Waals surface area contributed by atoms with Crippen LogP contribution in [-0.2, 0) is 4.74 Å². The van der Waals surface area contributed by atoms with Crippen LogP contribution in [0, 0.1) is 6.92 Å². The maximum atomic E-state index is 6.05. The van der Waals surface area contributed by atoms with Gasteiger partial charge in [0.2, 0.25) is 0 Å². The predicted molar refractivity (Wildman–Crippen MR) is 76.5 cm³/mol. The summed E-state index contributed by atoms with van der Waals surface area (Å²) in [6.07, 6.45) is 1.86. The number of hydrogen-bond acceptors (Lipinski definition) is 4.